The average Bonchev–Trinajstić information content (AvgIpc) is 2.74. The molecule has 2 rings (SSSR count). The van der Waals surface area contributed by atoms with Gasteiger partial charge in [0.15, 0.2) is 0 Å². The second-order valence-corrected chi connectivity index (χ2v) is 9.18. The van der Waals surface area contributed by atoms with Crippen LogP contribution in [0.15, 0.2) is 59.1 Å². The lowest BCUT2D eigenvalue weighted by Gasteiger charge is -2.26. The topological polar surface area (TPSA) is 61.4 Å². The van der Waals surface area contributed by atoms with Crippen LogP contribution in [0, 0.1) is 0 Å². The van der Waals surface area contributed by atoms with Crippen LogP contribution in [0.2, 0.25) is 0 Å². The maximum absolute atomic E-state index is 12.9. The summed E-state index contributed by atoms with van der Waals surface area (Å²) in [7, 11) is 4.03. The Hall–Kier alpha value is -1.83. The normalized spacial score (nSPS) is 13.0. The van der Waals surface area contributed by atoms with Crippen LogP contribution < -0.4 is 10.6 Å². The Bertz CT molecular complexity index is 817. The molecule has 5 nitrogen and oxygen atoms in total. The Morgan fingerprint density at radius 2 is 1.73 bits per heavy atom. The summed E-state index contributed by atoms with van der Waals surface area (Å²) in [6.07, 6.45) is 3.41. The van der Waals surface area contributed by atoms with Crippen molar-refractivity contribution in [1.82, 2.24) is 15.5 Å². The highest BCUT2D eigenvalue weighted by molar-refractivity contribution is 9.10. The lowest BCUT2D eigenvalue weighted by atomic mass is 10.0. The molecule has 0 fully saturated rings. The number of likely N-dealkylation sites (N-methyl/N-ethyl adjacent to an activating group) is 1. The highest BCUT2D eigenvalue weighted by Gasteiger charge is 2.23. The molecule has 0 aliphatic heterocycles. The number of nitrogens with zero attached hydrogens (tertiary/aromatic N) is 1. The molecule has 0 bridgehead atoms. The molecule has 2 aromatic rings. The standard InChI is InChI=1S/C23H30BrN3O2S/c1-27(2)18(15-17-9-5-4-6-10-17)16-25-23(29)21(13-14-30-3)26-22(28)19-11-7-8-12-20(19)24/h4-12,18,21H,13-16H2,1-3H3,(H,25,29)(H,26,28). The minimum absolute atomic E-state index is 0.149. The molecular formula is C23H30BrN3O2S. The molecule has 0 heterocycles. The number of carbonyl (C=O) groups is 2. The van der Waals surface area contributed by atoms with Gasteiger partial charge in [0.05, 0.1) is 5.56 Å². The number of halogens is 1. The van der Waals surface area contributed by atoms with E-state index in [0.29, 0.717) is 23.0 Å². The zero-order valence-corrected chi connectivity index (χ0v) is 20.1. The number of carbonyl (C=O) groups excluding carboxylic acids is 2. The van der Waals surface area contributed by atoms with Crippen LogP contribution in [-0.4, -0.2) is 61.4 Å². The zero-order valence-electron chi connectivity index (χ0n) is 17.7. The highest BCUT2D eigenvalue weighted by atomic mass is 79.9. The molecule has 0 aliphatic carbocycles. The summed E-state index contributed by atoms with van der Waals surface area (Å²) in [6, 6.07) is 17.0. The summed E-state index contributed by atoms with van der Waals surface area (Å²) < 4.78 is 0.710. The first-order valence-corrected chi connectivity index (χ1v) is 12.1. The molecule has 0 saturated carbocycles. The molecule has 0 radical (unpaired) electrons. The fourth-order valence-electron chi connectivity index (χ4n) is 3.05. The van der Waals surface area contributed by atoms with Crippen molar-refractivity contribution in [3.8, 4) is 0 Å². The van der Waals surface area contributed by atoms with Gasteiger partial charge in [0.25, 0.3) is 5.91 Å². The van der Waals surface area contributed by atoms with Gasteiger partial charge in [-0.25, -0.2) is 0 Å². The number of hydrogen-bond acceptors (Lipinski definition) is 4. The minimum Gasteiger partial charge on any atom is -0.353 e. The molecule has 30 heavy (non-hydrogen) atoms. The summed E-state index contributed by atoms with van der Waals surface area (Å²) in [5.41, 5.74) is 1.75. The van der Waals surface area contributed by atoms with Crippen molar-refractivity contribution in [2.75, 3.05) is 32.6 Å². The van der Waals surface area contributed by atoms with E-state index >= 15 is 0 Å². The smallest absolute Gasteiger partial charge is 0.253 e. The average molecular weight is 492 g/mol. The summed E-state index contributed by atoms with van der Waals surface area (Å²) in [5, 5.41) is 5.95. The predicted octanol–water partition coefficient (Wildman–Crippen LogP) is 3.59. The monoisotopic (exact) mass is 491 g/mol. The van der Waals surface area contributed by atoms with Crippen molar-refractivity contribution < 1.29 is 9.59 Å². The van der Waals surface area contributed by atoms with E-state index in [9.17, 15) is 9.59 Å². The first kappa shape index (κ1) is 24.4. The molecule has 2 N–H and O–H groups in total. The van der Waals surface area contributed by atoms with E-state index in [-0.39, 0.29) is 17.9 Å². The number of nitrogens with one attached hydrogen (secondary N) is 2. The maximum Gasteiger partial charge on any atom is 0.253 e. The van der Waals surface area contributed by atoms with Crippen LogP contribution in [0.3, 0.4) is 0 Å². The summed E-state index contributed by atoms with van der Waals surface area (Å²) in [5.74, 6) is 0.386. The van der Waals surface area contributed by atoms with Gasteiger partial charge >= 0.3 is 0 Å². The first-order valence-electron chi connectivity index (χ1n) is 9.94. The Morgan fingerprint density at radius 1 is 1.07 bits per heavy atom. The molecule has 0 aliphatic rings. The third-order valence-corrected chi connectivity index (χ3v) is 6.24. The zero-order chi connectivity index (χ0) is 21.9. The minimum atomic E-state index is -0.573. The number of thioether (sulfide) groups is 1. The van der Waals surface area contributed by atoms with Gasteiger partial charge in [0.2, 0.25) is 5.91 Å². The van der Waals surface area contributed by atoms with Crippen molar-refractivity contribution >= 4 is 39.5 Å². The van der Waals surface area contributed by atoms with Crippen molar-refractivity contribution in [2.24, 2.45) is 0 Å². The molecule has 2 aromatic carbocycles. The second kappa shape index (κ2) is 12.8. The van der Waals surface area contributed by atoms with E-state index in [4.69, 9.17) is 0 Å². The summed E-state index contributed by atoms with van der Waals surface area (Å²) in [6.45, 7) is 0.515. The Kier molecular flexibility index (Phi) is 10.4. The van der Waals surface area contributed by atoms with Crippen molar-refractivity contribution in [3.05, 3.63) is 70.2 Å². The molecule has 0 saturated heterocycles. The van der Waals surface area contributed by atoms with E-state index in [1.807, 2.05) is 56.7 Å². The SMILES string of the molecule is CSCCC(NC(=O)c1ccccc1Br)C(=O)NCC(Cc1ccccc1)N(C)C. The third kappa shape index (κ3) is 7.78. The van der Waals surface area contributed by atoms with Gasteiger partial charge in [-0.3, -0.25) is 9.59 Å². The van der Waals surface area contributed by atoms with Crippen LogP contribution in [0.1, 0.15) is 22.3 Å². The molecule has 0 spiro atoms. The molecule has 2 unspecified atom stereocenters. The van der Waals surface area contributed by atoms with Gasteiger partial charge in [-0.15, -0.1) is 0 Å². The van der Waals surface area contributed by atoms with Crippen molar-refractivity contribution in [1.29, 1.82) is 0 Å². The lowest BCUT2D eigenvalue weighted by Crippen LogP contribution is -2.50. The van der Waals surface area contributed by atoms with Crippen LogP contribution in [-0.2, 0) is 11.2 Å². The molecule has 2 atom stereocenters. The van der Waals surface area contributed by atoms with Crippen LogP contribution >= 0.6 is 27.7 Å². The van der Waals surface area contributed by atoms with Gasteiger partial charge in [-0.1, -0.05) is 42.5 Å². The summed E-state index contributed by atoms with van der Waals surface area (Å²) in [4.78, 5) is 27.7. The van der Waals surface area contributed by atoms with Gasteiger partial charge < -0.3 is 15.5 Å². The predicted molar refractivity (Wildman–Crippen MR) is 129 cm³/mol. The van der Waals surface area contributed by atoms with Crippen LogP contribution in [0.4, 0.5) is 0 Å². The Balaban J connectivity index is 2.01. The third-order valence-electron chi connectivity index (χ3n) is 4.91. The highest BCUT2D eigenvalue weighted by Crippen LogP contribution is 2.16. The maximum atomic E-state index is 12.9. The number of amides is 2. The Labute approximate surface area is 192 Å². The number of rotatable bonds is 11. The molecule has 0 aromatic heterocycles. The van der Waals surface area contributed by atoms with E-state index in [1.165, 1.54) is 5.56 Å². The molecule has 2 amide bonds. The lowest BCUT2D eigenvalue weighted by molar-refractivity contribution is -0.123. The summed E-state index contributed by atoms with van der Waals surface area (Å²) >= 11 is 5.06. The van der Waals surface area contributed by atoms with Crippen molar-refractivity contribution in [2.45, 2.75) is 24.9 Å². The van der Waals surface area contributed by atoms with Gasteiger partial charge in [-0.05, 0) is 72.6 Å². The largest absolute Gasteiger partial charge is 0.353 e. The molecular weight excluding hydrogens is 462 g/mol. The van der Waals surface area contributed by atoms with Gasteiger partial charge in [0, 0.05) is 17.1 Å². The van der Waals surface area contributed by atoms with Crippen molar-refractivity contribution in [3.63, 3.8) is 0 Å². The molecule has 162 valence electrons. The number of benzene rings is 2. The van der Waals surface area contributed by atoms with Crippen LogP contribution in [0.5, 0.6) is 0 Å². The fraction of sp³-hybridized carbons (Fsp3) is 0.391. The van der Waals surface area contributed by atoms with Gasteiger partial charge in [0.1, 0.15) is 6.04 Å². The van der Waals surface area contributed by atoms with E-state index < -0.39 is 6.04 Å². The van der Waals surface area contributed by atoms with E-state index in [2.05, 4.69) is 43.6 Å². The number of hydrogen-bond donors (Lipinski definition) is 2. The van der Waals surface area contributed by atoms with Gasteiger partial charge in [-0.2, -0.15) is 11.8 Å². The van der Waals surface area contributed by atoms with E-state index in [0.717, 1.165) is 12.2 Å². The van der Waals surface area contributed by atoms with Crippen LogP contribution in [0.25, 0.3) is 0 Å². The quantitative estimate of drug-likeness (QED) is 0.504. The molecule has 7 heteroatoms. The van der Waals surface area contributed by atoms with E-state index in [1.54, 1.807) is 17.8 Å². The first-order chi connectivity index (χ1) is 14.4. The Morgan fingerprint density at radius 3 is 2.37 bits per heavy atom. The fourth-order valence-corrected chi connectivity index (χ4v) is 3.99. The second-order valence-electron chi connectivity index (χ2n) is 7.34.